The minimum atomic E-state index is 0.0971. The minimum absolute atomic E-state index is 0.0971. The van der Waals surface area contributed by atoms with Crippen LogP contribution in [0.4, 0.5) is 0 Å². The van der Waals surface area contributed by atoms with Gasteiger partial charge in [0.1, 0.15) is 0 Å². The Labute approximate surface area is 87.6 Å². The van der Waals surface area contributed by atoms with Gasteiger partial charge in [0.2, 0.25) is 5.91 Å². The molecule has 0 atom stereocenters. The van der Waals surface area contributed by atoms with Gasteiger partial charge in [0.15, 0.2) is 0 Å². The fourth-order valence-corrected chi connectivity index (χ4v) is 0.942. The van der Waals surface area contributed by atoms with Gasteiger partial charge in [-0.15, -0.1) is 0 Å². The van der Waals surface area contributed by atoms with Crippen LogP contribution >= 0.6 is 0 Å². The molecule has 0 aromatic carbocycles. The second-order valence-electron chi connectivity index (χ2n) is 4.74. The second-order valence-corrected chi connectivity index (χ2v) is 4.74. The highest BCUT2D eigenvalue weighted by Crippen LogP contribution is 2.24. The lowest BCUT2D eigenvalue weighted by atomic mass is 9.81. The Hall–Kier alpha value is -0.570. The molecule has 0 saturated carbocycles. The van der Waals surface area contributed by atoms with Gasteiger partial charge in [-0.25, -0.2) is 0 Å². The summed E-state index contributed by atoms with van der Waals surface area (Å²) in [4.78, 5) is 10.9. The maximum Gasteiger partial charge on any atom is 0.221 e. The van der Waals surface area contributed by atoms with Crippen molar-refractivity contribution in [1.82, 2.24) is 10.6 Å². The van der Waals surface area contributed by atoms with Crippen molar-refractivity contribution >= 4 is 5.91 Å². The van der Waals surface area contributed by atoms with Crippen LogP contribution in [0.5, 0.6) is 0 Å². The zero-order valence-corrected chi connectivity index (χ0v) is 10.1. The number of hydrogen-bond donors (Lipinski definition) is 2. The van der Waals surface area contributed by atoms with Crippen LogP contribution in [-0.2, 0) is 4.79 Å². The molecule has 0 bridgehead atoms. The maximum absolute atomic E-state index is 10.9. The third-order valence-corrected chi connectivity index (χ3v) is 2.95. The summed E-state index contributed by atoms with van der Waals surface area (Å²) < 4.78 is 0. The summed E-state index contributed by atoms with van der Waals surface area (Å²) in [6.45, 7) is 10.6. The van der Waals surface area contributed by atoms with E-state index in [1.807, 2.05) is 0 Å². The van der Waals surface area contributed by atoms with E-state index in [4.69, 9.17) is 0 Å². The van der Waals surface area contributed by atoms with Crippen LogP contribution in [0.1, 0.15) is 34.1 Å². The summed E-state index contributed by atoms with van der Waals surface area (Å²) in [6.07, 6.45) is 0.560. The van der Waals surface area contributed by atoms with Crippen LogP contribution in [0.15, 0.2) is 0 Å². The third kappa shape index (κ3) is 5.22. The molecule has 0 aliphatic carbocycles. The van der Waals surface area contributed by atoms with E-state index in [0.29, 0.717) is 17.8 Å². The molecule has 14 heavy (non-hydrogen) atoms. The molecule has 1 amide bonds. The van der Waals surface area contributed by atoms with Gasteiger partial charge < -0.3 is 10.6 Å². The van der Waals surface area contributed by atoms with Crippen molar-refractivity contribution in [2.75, 3.05) is 20.1 Å². The van der Waals surface area contributed by atoms with Crippen LogP contribution in [0.25, 0.3) is 0 Å². The van der Waals surface area contributed by atoms with Crippen molar-refractivity contribution in [3.63, 3.8) is 0 Å². The highest BCUT2D eigenvalue weighted by molar-refractivity contribution is 5.75. The van der Waals surface area contributed by atoms with Gasteiger partial charge in [-0.3, -0.25) is 4.79 Å². The average molecular weight is 200 g/mol. The standard InChI is InChI=1S/C11H24N2O/c1-9(2)11(3,4)8-13-7-6-10(14)12-5/h9,13H,6-8H2,1-5H3,(H,12,14). The van der Waals surface area contributed by atoms with E-state index in [-0.39, 0.29) is 5.91 Å². The minimum Gasteiger partial charge on any atom is -0.359 e. The quantitative estimate of drug-likeness (QED) is 0.636. The molecule has 0 aliphatic rings. The molecule has 2 N–H and O–H groups in total. The first-order valence-corrected chi connectivity index (χ1v) is 5.31. The van der Waals surface area contributed by atoms with Crippen molar-refractivity contribution in [1.29, 1.82) is 0 Å². The monoisotopic (exact) mass is 200 g/mol. The zero-order chi connectivity index (χ0) is 11.2. The molecule has 0 radical (unpaired) electrons. The van der Waals surface area contributed by atoms with Crippen LogP contribution < -0.4 is 10.6 Å². The Kier molecular flexibility index (Phi) is 5.77. The lowest BCUT2D eigenvalue weighted by Crippen LogP contribution is -2.35. The van der Waals surface area contributed by atoms with E-state index in [2.05, 4.69) is 38.3 Å². The number of amides is 1. The van der Waals surface area contributed by atoms with E-state index >= 15 is 0 Å². The summed E-state index contributed by atoms with van der Waals surface area (Å²) in [6, 6.07) is 0. The molecule has 0 saturated heterocycles. The number of hydrogen-bond acceptors (Lipinski definition) is 2. The summed E-state index contributed by atoms with van der Waals surface area (Å²) in [5, 5.41) is 5.92. The normalized spacial score (nSPS) is 11.9. The first kappa shape index (κ1) is 13.4. The molecule has 0 fully saturated rings. The number of nitrogens with one attached hydrogen (secondary N) is 2. The van der Waals surface area contributed by atoms with Crippen molar-refractivity contribution in [3.8, 4) is 0 Å². The van der Waals surface area contributed by atoms with Gasteiger partial charge in [-0.05, 0) is 11.3 Å². The number of carbonyl (C=O) groups is 1. The van der Waals surface area contributed by atoms with Gasteiger partial charge in [-0.1, -0.05) is 27.7 Å². The first-order valence-electron chi connectivity index (χ1n) is 5.31. The molecular weight excluding hydrogens is 176 g/mol. The van der Waals surface area contributed by atoms with E-state index in [9.17, 15) is 4.79 Å². The van der Waals surface area contributed by atoms with E-state index in [1.54, 1.807) is 7.05 Å². The molecule has 0 heterocycles. The van der Waals surface area contributed by atoms with Gasteiger partial charge in [0.25, 0.3) is 0 Å². The molecular formula is C11H24N2O. The Morgan fingerprint density at radius 3 is 2.36 bits per heavy atom. The lowest BCUT2D eigenvalue weighted by molar-refractivity contribution is -0.120. The third-order valence-electron chi connectivity index (χ3n) is 2.95. The number of carbonyl (C=O) groups excluding carboxylic acids is 1. The van der Waals surface area contributed by atoms with E-state index < -0.39 is 0 Å². The van der Waals surface area contributed by atoms with Crippen LogP contribution in [0.2, 0.25) is 0 Å². The van der Waals surface area contributed by atoms with Crippen molar-refractivity contribution in [2.24, 2.45) is 11.3 Å². The topological polar surface area (TPSA) is 41.1 Å². The Morgan fingerprint density at radius 1 is 1.36 bits per heavy atom. The van der Waals surface area contributed by atoms with Crippen molar-refractivity contribution in [3.05, 3.63) is 0 Å². The summed E-state index contributed by atoms with van der Waals surface area (Å²) in [5.74, 6) is 0.745. The Morgan fingerprint density at radius 2 is 1.93 bits per heavy atom. The molecule has 84 valence electrons. The van der Waals surface area contributed by atoms with Crippen molar-refractivity contribution in [2.45, 2.75) is 34.1 Å². The zero-order valence-electron chi connectivity index (χ0n) is 10.1. The molecule has 0 aromatic rings. The predicted molar refractivity (Wildman–Crippen MR) is 60.2 cm³/mol. The lowest BCUT2D eigenvalue weighted by Gasteiger charge is -2.29. The van der Waals surface area contributed by atoms with Gasteiger partial charge in [-0.2, -0.15) is 0 Å². The van der Waals surface area contributed by atoms with Crippen LogP contribution in [-0.4, -0.2) is 26.0 Å². The smallest absolute Gasteiger partial charge is 0.221 e. The fraction of sp³-hybridized carbons (Fsp3) is 0.909. The molecule has 0 unspecified atom stereocenters. The van der Waals surface area contributed by atoms with E-state index in [0.717, 1.165) is 13.1 Å². The first-order chi connectivity index (χ1) is 6.40. The van der Waals surface area contributed by atoms with Gasteiger partial charge in [0, 0.05) is 26.6 Å². The summed E-state index contributed by atoms with van der Waals surface area (Å²) in [5.41, 5.74) is 0.294. The van der Waals surface area contributed by atoms with Gasteiger partial charge in [0.05, 0.1) is 0 Å². The highest BCUT2D eigenvalue weighted by Gasteiger charge is 2.21. The Balaban J connectivity index is 3.59. The largest absolute Gasteiger partial charge is 0.359 e. The summed E-state index contributed by atoms with van der Waals surface area (Å²) in [7, 11) is 1.67. The fourth-order valence-electron chi connectivity index (χ4n) is 0.942. The summed E-state index contributed by atoms with van der Waals surface area (Å²) >= 11 is 0. The predicted octanol–water partition coefficient (Wildman–Crippen LogP) is 1.39. The Bertz CT molecular complexity index is 176. The van der Waals surface area contributed by atoms with Crippen LogP contribution in [0.3, 0.4) is 0 Å². The van der Waals surface area contributed by atoms with Crippen LogP contribution in [0, 0.1) is 11.3 Å². The molecule has 3 heteroatoms. The molecule has 0 aliphatic heterocycles. The highest BCUT2D eigenvalue weighted by atomic mass is 16.1. The average Bonchev–Trinajstić information content (AvgIpc) is 2.11. The second kappa shape index (κ2) is 6.02. The molecule has 0 rings (SSSR count). The van der Waals surface area contributed by atoms with E-state index in [1.165, 1.54) is 0 Å². The molecule has 3 nitrogen and oxygen atoms in total. The SMILES string of the molecule is CNC(=O)CCNCC(C)(C)C(C)C. The van der Waals surface area contributed by atoms with Crippen molar-refractivity contribution < 1.29 is 4.79 Å². The molecule has 0 spiro atoms. The molecule has 0 aromatic heterocycles. The maximum atomic E-state index is 10.9. The number of rotatable bonds is 6. The van der Waals surface area contributed by atoms with Gasteiger partial charge >= 0.3 is 0 Å².